The average molecular weight is 344 g/mol. The molecule has 0 aliphatic carbocycles. The molecule has 4 rings (SSSR count). The first kappa shape index (κ1) is 15.9. The Hall–Kier alpha value is -3.61. The second kappa shape index (κ2) is 6.36. The van der Waals surface area contributed by atoms with Crippen molar-refractivity contribution in [2.75, 3.05) is 5.32 Å². The largest absolute Gasteiger partial charge is 0.306 e. The number of rotatable bonds is 3. The van der Waals surface area contributed by atoms with Crippen LogP contribution in [0.2, 0.25) is 0 Å². The Balaban J connectivity index is 1.85. The van der Waals surface area contributed by atoms with Crippen LogP contribution in [0.1, 0.15) is 21.7 Å². The Kier molecular flexibility index (Phi) is 3.89. The first-order chi connectivity index (χ1) is 12.6. The summed E-state index contributed by atoms with van der Waals surface area (Å²) in [6.07, 6.45) is 7.01. The highest BCUT2D eigenvalue weighted by Gasteiger charge is 2.17. The highest BCUT2D eigenvalue weighted by atomic mass is 16.1. The summed E-state index contributed by atoms with van der Waals surface area (Å²) in [7, 11) is 0. The molecule has 0 fully saturated rings. The van der Waals surface area contributed by atoms with Crippen molar-refractivity contribution in [3.05, 3.63) is 72.1 Å². The third kappa shape index (κ3) is 2.90. The van der Waals surface area contributed by atoms with Gasteiger partial charge in [0.2, 0.25) is 0 Å². The van der Waals surface area contributed by atoms with Gasteiger partial charge in [0.25, 0.3) is 5.91 Å². The molecule has 0 saturated carbocycles. The molecule has 0 aliphatic heterocycles. The van der Waals surface area contributed by atoms with Crippen molar-refractivity contribution in [3.63, 3.8) is 0 Å². The fourth-order valence-corrected chi connectivity index (χ4v) is 2.79. The average Bonchev–Trinajstić information content (AvgIpc) is 3.02. The SMILES string of the molecule is Cc1nc2c(C(=O)Nc3ccccn3)cc(-c3cnccc3C)cn2n1. The summed E-state index contributed by atoms with van der Waals surface area (Å²) in [6, 6.07) is 9.08. The third-order valence-corrected chi connectivity index (χ3v) is 4.04. The number of amides is 1. The minimum absolute atomic E-state index is 0.288. The van der Waals surface area contributed by atoms with Crippen LogP contribution in [-0.2, 0) is 0 Å². The van der Waals surface area contributed by atoms with Gasteiger partial charge in [0.1, 0.15) is 11.6 Å². The summed E-state index contributed by atoms with van der Waals surface area (Å²) in [5, 5.41) is 7.17. The zero-order valence-corrected chi connectivity index (χ0v) is 14.3. The van der Waals surface area contributed by atoms with E-state index in [1.54, 1.807) is 42.2 Å². The Labute approximate surface area is 149 Å². The van der Waals surface area contributed by atoms with Crippen LogP contribution in [0, 0.1) is 13.8 Å². The van der Waals surface area contributed by atoms with Crippen LogP contribution < -0.4 is 5.32 Å². The smallest absolute Gasteiger partial charge is 0.260 e. The molecule has 4 aromatic heterocycles. The molecule has 0 spiro atoms. The summed E-state index contributed by atoms with van der Waals surface area (Å²) >= 11 is 0. The number of nitrogens with zero attached hydrogens (tertiary/aromatic N) is 5. The first-order valence-corrected chi connectivity index (χ1v) is 8.12. The van der Waals surface area contributed by atoms with Crippen LogP contribution in [0.4, 0.5) is 5.82 Å². The number of carbonyl (C=O) groups excluding carboxylic acids is 1. The predicted octanol–water partition coefficient (Wildman–Crippen LogP) is 3.06. The molecule has 0 radical (unpaired) electrons. The first-order valence-electron chi connectivity index (χ1n) is 8.12. The van der Waals surface area contributed by atoms with Crippen molar-refractivity contribution in [2.24, 2.45) is 0 Å². The van der Waals surface area contributed by atoms with Crippen molar-refractivity contribution in [2.45, 2.75) is 13.8 Å². The molecule has 7 nitrogen and oxygen atoms in total. The number of aryl methyl sites for hydroxylation is 2. The van der Waals surface area contributed by atoms with Crippen molar-refractivity contribution < 1.29 is 4.79 Å². The minimum Gasteiger partial charge on any atom is -0.306 e. The quantitative estimate of drug-likeness (QED) is 0.617. The molecule has 1 amide bonds. The molecule has 128 valence electrons. The molecule has 0 aromatic carbocycles. The van der Waals surface area contributed by atoms with E-state index in [9.17, 15) is 4.79 Å². The van der Waals surface area contributed by atoms with Gasteiger partial charge in [0, 0.05) is 35.9 Å². The molecule has 1 N–H and O–H groups in total. The van der Waals surface area contributed by atoms with Gasteiger partial charge >= 0.3 is 0 Å². The van der Waals surface area contributed by atoms with Gasteiger partial charge in [-0.1, -0.05) is 6.07 Å². The zero-order chi connectivity index (χ0) is 18.1. The number of carbonyl (C=O) groups is 1. The third-order valence-electron chi connectivity index (χ3n) is 4.04. The lowest BCUT2D eigenvalue weighted by molar-refractivity contribution is 0.102. The lowest BCUT2D eigenvalue weighted by Crippen LogP contribution is -2.14. The van der Waals surface area contributed by atoms with Crippen molar-refractivity contribution in [1.29, 1.82) is 0 Å². The van der Waals surface area contributed by atoms with Crippen LogP contribution >= 0.6 is 0 Å². The maximum absolute atomic E-state index is 12.9. The van der Waals surface area contributed by atoms with Crippen LogP contribution in [0.15, 0.2) is 55.1 Å². The molecular formula is C19H16N6O. The van der Waals surface area contributed by atoms with E-state index in [-0.39, 0.29) is 5.91 Å². The van der Waals surface area contributed by atoms with E-state index < -0.39 is 0 Å². The molecule has 0 aliphatic rings. The van der Waals surface area contributed by atoms with Crippen LogP contribution in [0.5, 0.6) is 0 Å². The second-order valence-electron chi connectivity index (χ2n) is 5.93. The molecule has 7 heteroatoms. The van der Waals surface area contributed by atoms with E-state index in [1.807, 2.05) is 31.3 Å². The fourth-order valence-electron chi connectivity index (χ4n) is 2.79. The normalized spacial score (nSPS) is 10.8. The summed E-state index contributed by atoms with van der Waals surface area (Å²) < 4.78 is 1.63. The van der Waals surface area contributed by atoms with E-state index in [1.165, 1.54) is 0 Å². The summed E-state index contributed by atoms with van der Waals surface area (Å²) in [5.41, 5.74) is 3.78. The molecule has 0 atom stereocenters. The van der Waals surface area contributed by atoms with E-state index in [2.05, 4.69) is 25.4 Å². The highest BCUT2D eigenvalue weighted by Crippen LogP contribution is 2.25. The van der Waals surface area contributed by atoms with Gasteiger partial charge in [-0.15, -0.1) is 0 Å². The van der Waals surface area contributed by atoms with Gasteiger partial charge in [-0.25, -0.2) is 14.5 Å². The number of fused-ring (bicyclic) bond motifs is 1. The number of pyridine rings is 3. The van der Waals surface area contributed by atoms with Crippen LogP contribution in [-0.4, -0.2) is 30.5 Å². The van der Waals surface area contributed by atoms with Gasteiger partial charge in [-0.05, 0) is 43.7 Å². The predicted molar refractivity (Wildman–Crippen MR) is 97.9 cm³/mol. The molecule has 0 saturated heterocycles. The van der Waals surface area contributed by atoms with E-state index >= 15 is 0 Å². The number of hydrogen-bond donors (Lipinski definition) is 1. The lowest BCUT2D eigenvalue weighted by atomic mass is 10.0. The minimum atomic E-state index is -0.288. The Morgan fingerprint density at radius 3 is 2.81 bits per heavy atom. The van der Waals surface area contributed by atoms with Crippen LogP contribution in [0.25, 0.3) is 16.8 Å². The van der Waals surface area contributed by atoms with Crippen molar-refractivity contribution >= 4 is 17.4 Å². The second-order valence-corrected chi connectivity index (χ2v) is 5.93. The maximum Gasteiger partial charge on any atom is 0.260 e. The molecule has 4 aromatic rings. The molecule has 26 heavy (non-hydrogen) atoms. The summed E-state index contributed by atoms with van der Waals surface area (Å²) in [4.78, 5) is 25.6. The van der Waals surface area contributed by atoms with E-state index in [0.29, 0.717) is 22.9 Å². The maximum atomic E-state index is 12.9. The standard InChI is InChI=1S/C19H16N6O/c1-12-6-8-20-10-16(12)14-9-15(18-22-13(2)24-25(18)11-14)19(26)23-17-5-3-4-7-21-17/h3-11H,1-2H3,(H,21,23,26). The van der Waals surface area contributed by atoms with Crippen molar-refractivity contribution in [3.8, 4) is 11.1 Å². The number of anilines is 1. The molecular weight excluding hydrogens is 328 g/mol. The fraction of sp³-hybridized carbons (Fsp3) is 0.105. The highest BCUT2D eigenvalue weighted by molar-refractivity contribution is 6.08. The summed E-state index contributed by atoms with van der Waals surface area (Å²) in [5.74, 6) is 0.788. The Morgan fingerprint density at radius 2 is 2.04 bits per heavy atom. The molecule has 4 heterocycles. The monoisotopic (exact) mass is 344 g/mol. The van der Waals surface area contributed by atoms with Gasteiger partial charge in [0.05, 0.1) is 5.56 Å². The van der Waals surface area contributed by atoms with Crippen LogP contribution in [0.3, 0.4) is 0 Å². The molecule has 0 unspecified atom stereocenters. The topological polar surface area (TPSA) is 85.1 Å². The van der Waals surface area contributed by atoms with Gasteiger partial charge in [0.15, 0.2) is 5.65 Å². The lowest BCUT2D eigenvalue weighted by Gasteiger charge is -2.09. The van der Waals surface area contributed by atoms with Crippen molar-refractivity contribution in [1.82, 2.24) is 24.6 Å². The Morgan fingerprint density at radius 1 is 1.15 bits per heavy atom. The number of aromatic nitrogens is 5. The van der Waals surface area contributed by atoms with E-state index in [4.69, 9.17) is 0 Å². The molecule has 0 bridgehead atoms. The number of hydrogen-bond acceptors (Lipinski definition) is 5. The van der Waals surface area contributed by atoms with Gasteiger partial charge in [-0.3, -0.25) is 9.78 Å². The zero-order valence-electron chi connectivity index (χ0n) is 14.3. The number of nitrogens with one attached hydrogen (secondary N) is 1. The van der Waals surface area contributed by atoms with E-state index in [0.717, 1.165) is 16.7 Å². The van der Waals surface area contributed by atoms with Gasteiger partial charge in [-0.2, -0.15) is 5.10 Å². The van der Waals surface area contributed by atoms with Gasteiger partial charge < -0.3 is 5.32 Å². The summed E-state index contributed by atoms with van der Waals surface area (Å²) in [6.45, 7) is 3.80. The Bertz CT molecular complexity index is 1100.